The van der Waals surface area contributed by atoms with Gasteiger partial charge < -0.3 is 14.6 Å². The number of carbonyl (C=O) groups is 3. The van der Waals surface area contributed by atoms with Crippen LogP contribution in [0.1, 0.15) is 21.5 Å². The summed E-state index contributed by atoms with van der Waals surface area (Å²) < 4.78 is 10.6. The molecular formula is C19H12ClNO6. The van der Waals surface area contributed by atoms with Crippen LogP contribution in [-0.4, -0.2) is 41.1 Å². The number of benzene rings is 2. The molecule has 8 heteroatoms. The van der Waals surface area contributed by atoms with Crippen LogP contribution in [-0.2, 0) is 9.59 Å². The Morgan fingerprint density at radius 1 is 1.15 bits per heavy atom. The molecule has 7 nitrogen and oxygen atoms in total. The van der Waals surface area contributed by atoms with Crippen LogP contribution < -0.4 is 9.47 Å². The standard InChI is InChI=1S/C19H12ClNO6/c20-14-6-10(7-15-17(14)27-9-26-15)5-13-11-3-1-2-4-12(11)18(24)21(19(13)25)8-16(22)23/h1-7H,8-9H2,(H,22,23)/b13-5+. The van der Waals surface area contributed by atoms with E-state index in [1.807, 2.05) is 0 Å². The molecule has 2 aliphatic heterocycles. The van der Waals surface area contributed by atoms with Gasteiger partial charge >= 0.3 is 5.97 Å². The molecule has 0 bridgehead atoms. The third kappa shape index (κ3) is 2.92. The molecule has 0 radical (unpaired) electrons. The summed E-state index contributed by atoms with van der Waals surface area (Å²) in [6.07, 6.45) is 1.55. The van der Waals surface area contributed by atoms with Gasteiger partial charge in [-0.05, 0) is 35.4 Å². The highest BCUT2D eigenvalue weighted by atomic mass is 35.5. The molecule has 2 amide bonds. The van der Waals surface area contributed by atoms with Crippen molar-refractivity contribution in [2.45, 2.75) is 0 Å². The SMILES string of the molecule is O=C(O)CN1C(=O)/C(=C/c2cc(Cl)c3c(c2)OCO3)c2ccccc2C1=O. The highest BCUT2D eigenvalue weighted by Crippen LogP contribution is 2.41. The third-order valence-electron chi connectivity index (χ3n) is 4.22. The zero-order chi connectivity index (χ0) is 19.1. The first-order valence-corrected chi connectivity index (χ1v) is 8.31. The normalized spacial score (nSPS) is 16.6. The first-order chi connectivity index (χ1) is 13.0. The predicted octanol–water partition coefficient (Wildman–Crippen LogP) is 2.68. The molecule has 0 saturated heterocycles. The molecule has 0 saturated carbocycles. The molecule has 2 aromatic rings. The van der Waals surface area contributed by atoms with Crippen LogP contribution in [0.4, 0.5) is 0 Å². The van der Waals surface area contributed by atoms with Crippen molar-refractivity contribution in [1.82, 2.24) is 4.90 Å². The monoisotopic (exact) mass is 385 g/mol. The average Bonchev–Trinajstić information content (AvgIpc) is 3.11. The van der Waals surface area contributed by atoms with Crippen LogP contribution in [0.2, 0.25) is 5.02 Å². The van der Waals surface area contributed by atoms with Crippen molar-refractivity contribution in [3.63, 3.8) is 0 Å². The Hall–Kier alpha value is -3.32. The minimum absolute atomic E-state index is 0.0533. The Morgan fingerprint density at radius 3 is 2.63 bits per heavy atom. The Balaban J connectivity index is 1.85. The first kappa shape index (κ1) is 17.1. The summed E-state index contributed by atoms with van der Waals surface area (Å²) in [5, 5.41) is 9.38. The van der Waals surface area contributed by atoms with Crippen molar-refractivity contribution in [2.24, 2.45) is 0 Å². The number of halogens is 1. The number of ether oxygens (including phenoxy) is 2. The van der Waals surface area contributed by atoms with Crippen molar-refractivity contribution in [3.05, 3.63) is 58.1 Å². The number of carbonyl (C=O) groups excluding carboxylic acids is 2. The summed E-state index contributed by atoms with van der Waals surface area (Å²) in [4.78, 5) is 37.2. The molecule has 2 heterocycles. The fraction of sp³-hybridized carbons (Fsp3) is 0.105. The first-order valence-electron chi connectivity index (χ1n) is 7.94. The van der Waals surface area contributed by atoms with Gasteiger partial charge in [-0.15, -0.1) is 0 Å². The maximum absolute atomic E-state index is 12.8. The summed E-state index contributed by atoms with van der Waals surface area (Å²) in [6, 6.07) is 9.82. The van der Waals surface area contributed by atoms with E-state index in [0.29, 0.717) is 32.5 Å². The number of carboxylic acid groups (broad SMARTS) is 1. The van der Waals surface area contributed by atoms with Crippen molar-refractivity contribution in [1.29, 1.82) is 0 Å². The molecule has 0 aliphatic carbocycles. The number of amides is 2. The summed E-state index contributed by atoms with van der Waals surface area (Å²) >= 11 is 6.19. The minimum Gasteiger partial charge on any atom is -0.480 e. The molecule has 2 aromatic carbocycles. The van der Waals surface area contributed by atoms with Gasteiger partial charge in [-0.2, -0.15) is 0 Å². The highest BCUT2D eigenvalue weighted by Gasteiger charge is 2.35. The highest BCUT2D eigenvalue weighted by molar-refractivity contribution is 6.35. The molecule has 0 aromatic heterocycles. The van der Waals surface area contributed by atoms with Crippen molar-refractivity contribution < 1.29 is 29.0 Å². The van der Waals surface area contributed by atoms with E-state index in [1.54, 1.807) is 42.5 Å². The van der Waals surface area contributed by atoms with E-state index in [2.05, 4.69) is 0 Å². The number of rotatable bonds is 3. The molecule has 1 N–H and O–H groups in total. The third-order valence-corrected chi connectivity index (χ3v) is 4.50. The summed E-state index contributed by atoms with van der Waals surface area (Å²) in [5.41, 5.74) is 1.45. The lowest BCUT2D eigenvalue weighted by molar-refractivity contribution is -0.141. The maximum atomic E-state index is 12.8. The molecule has 0 atom stereocenters. The smallest absolute Gasteiger partial charge is 0.323 e. The van der Waals surface area contributed by atoms with Crippen molar-refractivity contribution >= 4 is 41.0 Å². The Morgan fingerprint density at radius 2 is 1.89 bits per heavy atom. The zero-order valence-corrected chi connectivity index (χ0v) is 14.5. The number of carboxylic acids is 1. The molecule has 27 heavy (non-hydrogen) atoms. The van der Waals surface area contributed by atoms with Crippen LogP contribution in [0.15, 0.2) is 36.4 Å². The van der Waals surface area contributed by atoms with E-state index >= 15 is 0 Å². The van der Waals surface area contributed by atoms with Gasteiger partial charge in [0.2, 0.25) is 6.79 Å². The van der Waals surface area contributed by atoms with E-state index in [-0.39, 0.29) is 17.9 Å². The van der Waals surface area contributed by atoms with Crippen LogP contribution in [0.25, 0.3) is 11.6 Å². The van der Waals surface area contributed by atoms with Gasteiger partial charge in [0.05, 0.1) is 5.02 Å². The lowest BCUT2D eigenvalue weighted by Gasteiger charge is -2.27. The molecule has 0 spiro atoms. The van der Waals surface area contributed by atoms with E-state index < -0.39 is 24.3 Å². The number of hydrogen-bond acceptors (Lipinski definition) is 5. The number of imide groups is 1. The summed E-state index contributed by atoms with van der Waals surface area (Å²) in [6.45, 7) is -0.664. The van der Waals surface area contributed by atoms with Crippen LogP contribution in [0.3, 0.4) is 0 Å². The quantitative estimate of drug-likeness (QED) is 0.645. The van der Waals surface area contributed by atoms with E-state index in [1.165, 1.54) is 0 Å². The van der Waals surface area contributed by atoms with Crippen molar-refractivity contribution in [3.8, 4) is 11.5 Å². The Labute approximate surface area is 158 Å². The van der Waals surface area contributed by atoms with E-state index in [9.17, 15) is 14.4 Å². The van der Waals surface area contributed by atoms with Crippen molar-refractivity contribution in [2.75, 3.05) is 13.3 Å². The number of nitrogens with zero attached hydrogens (tertiary/aromatic N) is 1. The predicted molar refractivity (Wildman–Crippen MR) is 95.6 cm³/mol. The topological polar surface area (TPSA) is 93.1 Å². The Kier molecular flexibility index (Phi) is 4.08. The lowest BCUT2D eigenvalue weighted by atomic mass is 9.92. The van der Waals surface area contributed by atoms with Crippen LogP contribution >= 0.6 is 11.6 Å². The minimum atomic E-state index is -1.28. The second-order valence-corrected chi connectivity index (χ2v) is 6.34. The van der Waals surface area contributed by atoms with Gasteiger partial charge in [0.25, 0.3) is 11.8 Å². The fourth-order valence-corrected chi connectivity index (χ4v) is 3.33. The van der Waals surface area contributed by atoms with Gasteiger partial charge in [-0.25, -0.2) is 0 Å². The van der Waals surface area contributed by atoms with Crippen LogP contribution in [0, 0.1) is 0 Å². The lowest BCUT2D eigenvalue weighted by Crippen LogP contribution is -2.44. The number of aliphatic carboxylic acids is 1. The molecule has 0 unspecified atom stereocenters. The van der Waals surface area contributed by atoms with Gasteiger partial charge in [0.15, 0.2) is 11.5 Å². The zero-order valence-electron chi connectivity index (χ0n) is 13.8. The number of fused-ring (bicyclic) bond motifs is 2. The van der Waals surface area contributed by atoms with Gasteiger partial charge in [0, 0.05) is 11.1 Å². The Bertz CT molecular complexity index is 1030. The van der Waals surface area contributed by atoms with Gasteiger partial charge in [-0.3, -0.25) is 19.3 Å². The molecule has 2 aliphatic rings. The average molecular weight is 386 g/mol. The van der Waals surface area contributed by atoms with Gasteiger partial charge in [0.1, 0.15) is 6.54 Å². The second-order valence-electron chi connectivity index (χ2n) is 5.93. The number of hydrogen-bond donors (Lipinski definition) is 1. The van der Waals surface area contributed by atoms with E-state index in [4.69, 9.17) is 26.2 Å². The maximum Gasteiger partial charge on any atom is 0.323 e. The van der Waals surface area contributed by atoms with E-state index in [0.717, 1.165) is 0 Å². The molecule has 0 fully saturated rings. The molecule has 4 rings (SSSR count). The largest absolute Gasteiger partial charge is 0.480 e. The van der Waals surface area contributed by atoms with Crippen LogP contribution in [0.5, 0.6) is 11.5 Å². The van der Waals surface area contributed by atoms with Gasteiger partial charge in [-0.1, -0.05) is 29.8 Å². The fourth-order valence-electron chi connectivity index (χ4n) is 3.06. The second kappa shape index (κ2) is 6.44. The molecule has 136 valence electrons. The molecular weight excluding hydrogens is 374 g/mol. The summed E-state index contributed by atoms with van der Waals surface area (Å²) in [7, 11) is 0. The summed E-state index contributed by atoms with van der Waals surface area (Å²) in [5.74, 6) is -1.73.